The summed E-state index contributed by atoms with van der Waals surface area (Å²) in [6.45, 7) is 2.83. The lowest BCUT2D eigenvalue weighted by Crippen LogP contribution is -2.54. The molecule has 1 atom stereocenters. The zero-order chi connectivity index (χ0) is 22.0. The summed E-state index contributed by atoms with van der Waals surface area (Å²) in [5, 5.41) is 9.84. The summed E-state index contributed by atoms with van der Waals surface area (Å²) in [6.07, 6.45) is 3.02. The number of hydrogen-bond donors (Lipinski definition) is 0. The van der Waals surface area contributed by atoms with Crippen molar-refractivity contribution in [3.63, 3.8) is 0 Å². The van der Waals surface area contributed by atoms with Gasteiger partial charge >= 0.3 is 0 Å². The van der Waals surface area contributed by atoms with Crippen LogP contribution in [-0.2, 0) is 4.79 Å². The minimum absolute atomic E-state index is 0.0395. The van der Waals surface area contributed by atoms with Crippen molar-refractivity contribution >= 4 is 40.8 Å². The van der Waals surface area contributed by atoms with Crippen molar-refractivity contribution < 1.29 is 9.59 Å². The maximum absolute atomic E-state index is 13.2. The van der Waals surface area contributed by atoms with Crippen LogP contribution in [0.5, 0.6) is 0 Å². The normalized spacial score (nSPS) is 18.7. The molecule has 0 saturated carbocycles. The summed E-state index contributed by atoms with van der Waals surface area (Å²) in [7, 11) is 0. The van der Waals surface area contributed by atoms with Gasteiger partial charge in [-0.3, -0.25) is 9.59 Å². The van der Waals surface area contributed by atoms with Gasteiger partial charge in [-0.15, -0.1) is 0 Å². The van der Waals surface area contributed by atoms with Gasteiger partial charge in [0.05, 0.1) is 22.2 Å². The largest absolute Gasteiger partial charge is 0.353 e. The van der Waals surface area contributed by atoms with Gasteiger partial charge in [0.2, 0.25) is 5.91 Å². The van der Waals surface area contributed by atoms with Crippen LogP contribution in [0.4, 0.5) is 5.82 Å². The number of pyridine rings is 1. The van der Waals surface area contributed by atoms with E-state index in [1.165, 1.54) is 0 Å². The lowest BCUT2D eigenvalue weighted by Gasteiger charge is -2.37. The Labute approximate surface area is 190 Å². The molecule has 2 saturated heterocycles. The summed E-state index contributed by atoms with van der Waals surface area (Å²) in [4.78, 5) is 36.1. The van der Waals surface area contributed by atoms with Crippen molar-refractivity contribution in [1.82, 2.24) is 14.8 Å². The topological polar surface area (TPSA) is 80.5 Å². The fraction of sp³-hybridized carbons (Fsp3) is 0.364. The smallest absolute Gasteiger partial charge is 0.256 e. The Balaban J connectivity index is 1.43. The second kappa shape index (κ2) is 9.13. The quantitative estimate of drug-likeness (QED) is 0.706. The Kier molecular flexibility index (Phi) is 6.30. The number of rotatable bonds is 3. The van der Waals surface area contributed by atoms with E-state index in [2.05, 4.69) is 16.0 Å². The van der Waals surface area contributed by atoms with Crippen molar-refractivity contribution in [3.05, 3.63) is 57.7 Å². The van der Waals surface area contributed by atoms with Crippen LogP contribution < -0.4 is 4.90 Å². The van der Waals surface area contributed by atoms with Crippen LogP contribution in [0.3, 0.4) is 0 Å². The van der Waals surface area contributed by atoms with Crippen molar-refractivity contribution in [3.8, 4) is 6.07 Å². The van der Waals surface area contributed by atoms with Crippen LogP contribution in [0.2, 0.25) is 10.0 Å². The predicted molar refractivity (Wildman–Crippen MR) is 118 cm³/mol. The molecule has 1 aromatic carbocycles. The molecule has 2 fully saturated rings. The highest BCUT2D eigenvalue weighted by Crippen LogP contribution is 2.27. The lowest BCUT2D eigenvalue weighted by atomic mass is 10.1. The summed E-state index contributed by atoms with van der Waals surface area (Å²) in [5.74, 6) is 0.432. The highest BCUT2D eigenvalue weighted by atomic mass is 35.5. The first-order chi connectivity index (χ1) is 15.0. The number of benzene rings is 1. The van der Waals surface area contributed by atoms with Crippen molar-refractivity contribution in [2.24, 2.45) is 0 Å². The molecule has 4 rings (SSSR count). The van der Waals surface area contributed by atoms with Gasteiger partial charge in [0, 0.05) is 43.9 Å². The van der Waals surface area contributed by atoms with Gasteiger partial charge in [-0.25, -0.2) is 4.98 Å². The van der Waals surface area contributed by atoms with E-state index in [0.717, 1.165) is 12.2 Å². The second-order valence-corrected chi connectivity index (χ2v) is 8.45. The molecule has 160 valence electrons. The second-order valence-electron chi connectivity index (χ2n) is 7.61. The molecule has 1 aromatic heterocycles. The van der Waals surface area contributed by atoms with Gasteiger partial charge in [-0.05, 0) is 43.2 Å². The summed E-state index contributed by atoms with van der Waals surface area (Å²) in [6, 6.07) is 9.83. The fourth-order valence-electron chi connectivity index (χ4n) is 4.11. The number of nitriles is 1. The Morgan fingerprint density at radius 3 is 2.58 bits per heavy atom. The predicted octanol–water partition coefficient (Wildman–Crippen LogP) is 3.21. The molecule has 3 heterocycles. The summed E-state index contributed by atoms with van der Waals surface area (Å²) < 4.78 is 0. The Bertz CT molecular complexity index is 1050. The molecular formula is C22H21Cl2N5O2. The van der Waals surface area contributed by atoms with Crippen LogP contribution in [0, 0.1) is 11.3 Å². The summed E-state index contributed by atoms with van der Waals surface area (Å²) >= 11 is 12.2. The highest BCUT2D eigenvalue weighted by Gasteiger charge is 2.38. The van der Waals surface area contributed by atoms with Crippen LogP contribution >= 0.6 is 23.2 Å². The first-order valence-electron chi connectivity index (χ1n) is 10.1. The monoisotopic (exact) mass is 457 g/mol. The zero-order valence-electron chi connectivity index (χ0n) is 16.8. The molecule has 9 heteroatoms. The molecule has 2 aliphatic heterocycles. The van der Waals surface area contributed by atoms with E-state index in [0.29, 0.717) is 60.3 Å². The number of piperazine rings is 1. The van der Waals surface area contributed by atoms with Crippen LogP contribution in [-0.4, -0.2) is 65.4 Å². The van der Waals surface area contributed by atoms with Crippen LogP contribution in [0.1, 0.15) is 28.8 Å². The van der Waals surface area contributed by atoms with Gasteiger partial charge in [0.1, 0.15) is 11.9 Å². The molecule has 7 nitrogen and oxygen atoms in total. The van der Waals surface area contributed by atoms with E-state index >= 15 is 0 Å². The maximum Gasteiger partial charge on any atom is 0.256 e. The number of likely N-dealkylation sites (tertiary alicyclic amines) is 1. The van der Waals surface area contributed by atoms with Gasteiger partial charge in [0.25, 0.3) is 5.91 Å². The molecule has 0 spiro atoms. The average molecular weight is 458 g/mol. The van der Waals surface area contributed by atoms with Crippen molar-refractivity contribution in [2.45, 2.75) is 18.9 Å². The number of carbonyl (C=O) groups is 2. The third kappa shape index (κ3) is 4.46. The minimum atomic E-state index is -0.492. The number of halogens is 2. The maximum atomic E-state index is 13.2. The molecule has 0 N–H and O–H groups in total. The van der Waals surface area contributed by atoms with E-state index in [9.17, 15) is 9.59 Å². The van der Waals surface area contributed by atoms with Gasteiger partial charge in [-0.2, -0.15) is 5.26 Å². The Morgan fingerprint density at radius 2 is 1.84 bits per heavy atom. The SMILES string of the molecule is N#Cc1ccnc(N2CCN(C(=O)C3CCCN3C(=O)c3cc(Cl)ccc3Cl)CC2)c1. The highest BCUT2D eigenvalue weighted by molar-refractivity contribution is 6.35. The fourth-order valence-corrected chi connectivity index (χ4v) is 4.48. The first kappa shape index (κ1) is 21.4. The number of hydrogen-bond acceptors (Lipinski definition) is 5. The molecule has 2 aromatic rings. The van der Waals surface area contributed by atoms with E-state index in [4.69, 9.17) is 28.5 Å². The Morgan fingerprint density at radius 1 is 1.06 bits per heavy atom. The number of carbonyl (C=O) groups excluding carboxylic acids is 2. The minimum Gasteiger partial charge on any atom is -0.353 e. The number of nitrogens with zero attached hydrogens (tertiary/aromatic N) is 5. The van der Waals surface area contributed by atoms with Crippen LogP contribution in [0.25, 0.3) is 0 Å². The molecular weight excluding hydrogens is 437 g/mol. The number of aromatic nitrogens is 1. The standard InChI is InChI=1S/C22H21Cl2N5O2/c23-16-3-4-18(24)17(13-16)21(30)29-7-1-2-19(29)22(31)28-10-8-27(9-11-28)20-12-15(14-25)5-6-26-20/h3-6,12-13,19H,1-2,7-11H2. The molecule has 31 heavy (non-hydrogen) atoms. The summed E-state index contributed by atoms with van der Waals surface area (Å²) in [5.41, 5.74) is 0.880. The van der Waals surface area contributed by atoms with E-state index in [1.54, 1.807) is 46.3 Å². The first-order valence-corrected chi connectivity index (χ1v) is 10.9. The molecule has 2 aliphatic rings. The third-order valence-corrected chi connectivity index (χ3v) is 6.31. The van der Waals surface area contributed by atoms with Crippen LogP contribution in [0.15, 0.2) is 36.5 Å². The van der Waals surface area contributed by atoms with E-state index in [1.807, 2.05) is 0 Å². The molecule has 0 radical (unpaired) electrons. The molecule has 2 amide bonds. The number of amides is 2. The van der Waals surface area contributed by atoms with Gasteiger partial charge in [-0.1, -0.05) is 23.2 Å². The molecule has 0 bridgehead atoms. The number of anilines is 1. The molecule has 0 aliphatic carbocycles. The average Bonchev–Trinajstić information content (AvgIpc) is 3.30. The van der Waals surface area contributed by atoms with Gasteiger partial charge < -0.3 is 14.7 Å². The van der Waals surface area contributed by atoms with Gasteiger partial charge in [0.15, 0.2) is 0 Å². The zero-order valence-corrected chi connectivity index (χ0v) is 18.3. The van der Waals surface area contributed by atoms with Crippen molar-refractivity contribution in [2.75, 3.05) is 37.6 Å². The van der Waals surface area contributed by atoms with Crippen molar-refractivity contribution in [1.29, 1.82) is 5.26 Å². The Hall–Kier alpha value is -2.82. The van der Waals surface area contributed by atoms with E-state index in [-0.39, 0.29) is 11.8 Å². The lowest BCUT2D eigenvalue weighted by molar-refractivity contribution is -0.135. The molecule has 1 unspecified atom stereocenters. The third-order valence-electron chi connectivity index (χ3n) is 5.75. The van der Waals surface area contributed by atoms with E-state index < -0.39 is 6.04 Å².